The molecule has 1 aliphatic rings. The molecular weight excluding hydrogens is 474 g/mol. The van der Waals surface area contributed by atoms with Crippen LogP contribution in [0.3, 0.4) is 0 Å². The lowest BCUT2D eigenvalue weighted by Crippen LogP contribution is -2.43. The van der Waals surface area contributed by atoms with E-state index in [1.165, 1.54) is 23.7 Å². The molecule has 9 nitrogen and oxygen atoms in total. The van der Waals surface area contributed by atoms with Gasteiger partial charge in [0.25, 0.3) is 5.91 Å². The van der Waals surface area contributed by atoms with Crippen LogP contribution in [0.4, 0.5) is 4.79 Å². The first kappa shape index (κ1) is 26.4. The number of hydrogen-bond donors (Lipinski definition) is 1. The molecule has 1 aliphatic heterocycles. The summed E-state index contributed by atoms with van der Waals surface area (Å²) in [6.45, 7) is 5.90. The zero-order valence-corrected chi connectivity index (χ0v) is 21.8. The lowest BCUT2D eigenvalue weighted by Gasteiger charge is -2.27. The Labute approximate surface area is 216 Å². The van der Waals surface area contributed by atoms with Crippen molar-refractivity contribution in [3.05, 3.63) is 71.4 Å². The predicted molar refractivity (Wildman–Crippen MR) is 138 cm³/mol. The molecule has 4 rings (SSSR count). The summed E-state index contributed by atoms with van der Waals surface area (Å²) in [4.78, 5) is 40.7. The molecule has 0 spiro atoms. The van der Waals surface area contributed by atoms with Crippen LogP contribution in [0.15, 0.2) is 54.7 Å². The summed E-state index contributed by atoms with van der Waals surface area (Å²) in [6, 6.07) is 13.9. The van der Waals surface area contributed by atoms with Gasteiger partial charge in [0.1, 0.15) is 11.6 Å². The summed E-state index contributed by atoms with van der Waals surface area (Å²) in [5.41, 5.74) is 2.17. The number of nitrogens with zero attached hydrogens (tertiary/aromatic N) is 2. The van der Waals surface area contributed by atoms with E-state index in [2.05, 4.69) is 5.32 Å². The largest absolute Gasteiger partial charge is 0.443 e. The highest BCUT2D eigenvalue weighted by atomic mass is 16.7. The lowest BCUT2D eigenvalue weighted by atomic mass is 10.0. The Balaban J connectivity index is 1.51. The molecule has 1 atom stereocenters. The second-order valence-corrected chi connectivity index (χ2v) is 9.91. The van der Waals surface area contributed by atoms with E-state index in [0.29, 0.717) is 24.1 Å². The minimum absolute atomic E-state index is 0.113. The number of methoxy groups -OCH3 is 2. The van der Waals surface area contributed by atoms with Crippen LogP contribution in [0, 0.1) is 0 Å². The summed E-state index contributed by atoms with van der Waals surface area (Å²) in [7, 11) is 2.98. The Morgan fingerprint density at radius 3 is 2.41 bits per heavy atom. The number of aromatic nitrogens is 1. The topological polar surface area (TPSA) is 99.1 Å². The molecule has 0 fully saturated rings. The number of nitrogens with one attached hydrogen (secondary N) is 1. The molecule has 196 valence electrons. The number of para-hydroxylation sites is 1. The number of amides is 2. The fourth-order valence-electron chi connectivity index (χ4n) is 4.58. The van der Waals surface area contributed by atoms with Crippen molar-refractivity contribution in [2.75, 3.05) is 27.3 Å². The molecule has 0 saturated heterocycles. The molecule has 0 radical (unpaired) electrons. The summed E-state index contributed by atoms with van der Waals surface area (Å²) in [5.74, 6) is -0.532. The van der Waals surface area contributed by atoms with Gasteiger partial charge in [-0.25, -0.2) is 4.79 Å². The normalized spacial score (nSPS) is 15.4. The molecule has 2 heterocycles. The standard InChI is InChI=1S/C28H33N3O6/c1-28(2,3)37-27(34)30-16-18(19-10-8-9-13-22(19)30)14-15-29-25(32)24-20-11-6-7-12-21(20)26(33)31(24)17-23(35-4)36-5/h6-13,16,23-24H,14-15,17H2,1-5H3,(H,29,32). The Kier molecular flexibility index (Phi) is 7.65. The Bertz CT molecular complexity index is 1300. The van der Waals surface area contributed by atoms with E-state index in [0.717, 1.165) is 16.5 Å². The van der Waals surface area contributed by atoms with Gasteiger partial charge in [-0.1, -0.05) is 36.4 Å². The molecule has 9 heteroatoms. The number of carbonyl (C=O) groups excluding carboxylic acids is 3. The molecule has 1 aromatic heterocycles. The van der Waals surface area contributed by atoms with E-state index >= 15 is 0 Å². The fourth-order valence-corrected chi connectivity index (χ4v) is 4.58. The third-order valence-electron chi connectivity index (χ3n) is 6.26. The molecule has 1 unspecified atom stereocenters. The van der Waals surface area contributed by atoms with Gasteiger partial charge in [-0.2, -0.15) is 0 Å². The molecule has 1 N–H and O–H groups in total. The van der Waals surface area contributed by atoms with Crippen molar-refractivity contribution in [3.63, 3.8) is 0 Å². The van der Waals surface area contributed by atoms with Gasteiger partial charge in [0, 0.05) is 37.9 Å². The van der Waals surface area contributed by atoms with Crippen molar-refractivity contribution in [2.45, 2.75) is 45.1 Å². The van der Waals surface area contributed by atoms with E-state index in [-0.39, 0.29) is 18.4 Å². The van der Waals surface area contributed by atoms with Gasteiger partial charge in [0.15, 0.2) is 6.29 Å². The van der Waals surface area contributed by atoms with Gasteiger partial charge in [0.05, 0.1) is 12.1 Å². The van der Waals surface area contributed by atoms with Gasteiger partial charge >= 0.3 is 6.09 Å². The van der Waals surface area contributed by atoms with Crippen LogP contribution in [0.25, 0.3) is 10.9 Å². The Hall–Kier alpha value is -3.69. The summed E-state index contributed by atoms with van der Waals surface area (Å²) < 4.78 is 17.6. The highest BCUT2D eigenvalue weighted by molar-refractivity contribution is 6.04. The Morgan fingerprint density at radius 1 is 1.03 bits per heavy atom. The van der Waals surface area contributed by atoms with Crippen molar-refractivity contribution in [3.8, 4) is 0 Å². The van der Waals surface area contributed by atoms with E-state index in [9.17, 15) is 14.4 Å². The van der Waals surface area contributed by atoms with Crippen molar-refractivity contribution in [1.82, 2.24) is 14.8 Å². The first-order chi connectivity index (χ1) is 17.6. The van der Waals surface area contributed by atoms with Crippen LogP contribution >= 0.6 is 0 Å². The quantitative estimate of drug-likeness (QED) is 0.465. The zero-order valence-electron chi connectivity index (χ0n) is 21.8. The molecule has 2 aromatic carbocycles. The highest BCUT2D eigenvalue weighted by Gasteiger charge is 2.41. The first-order valence-corrected chi connectivity index (χ1v) is 12.2. The van der Waals surface area contributed by atoms with E-state index in [1.54, 1.807) is 24.4 Å². The second kappa shape index (κ2) is 10.7. The maximum atomic E-state index is 13.4. The maximum absolute atomic E-state index is 13.4. The zero-order chi connectivity index (χ0) is 26.7. The minimum atomic E-state index is -0.792. The smallest absolute Gasteiger partial charge is 0.419 e. The van der Waals surface area contributed by atoms with Crippen LogP contribution in [-0.4, -0.2) is 66.6 Å². The maximum Gasteiger partial charge on any atom is 0.419 e. The van der Waals surface area contributed by atoms with Gasteiger partial charge in [-0.15, -0.1) is 0 Å². The highest BCUT2D eigenvalue weighted by Crippen LogP contribution is 2.34. The number of hydrogen-bond acceptors (Lipinski definition) is 6. The van der Waals surface area contributed by atoms with Gasteiger partial charge < -0.3 is 24.4 Å². The third-order valence-corrected chi connectivity index (χ3v) is 6.26. The number of fused-ring (bicyclic) bond motifs is 2. The van der Waals surface area contributed by atoms with Crippen LogP contribution in [0.1, 0.15) is 48.3 Å². The van der Waals surface area contributed by atoms with Crippen molar-refractivity contribution in [1.29, 1.82) is 0 Å². The number of ether oxygens (including phenoxy) is 3. The van der Waals surface area contributed by atoms with Crippen LogP contribution in [0.5, 0.6) is 0 Å². The minimum Gasteiger partial charge on any atom is -0.443 e. The van der Waals surface area contributed by atoms with Gasteiger partial charge in [-0.05, 0) is 50.5 Å². The lowest BCUT2D eigenvalue weighted by molar-refractivity contribution is -0.132. The summed E-state index contributed by atoms with van der Waals surface area (Å²) >= 11 is 0. The average Bonchev–Trinajstić information content (AvgIpc) is 3.37. The Morgan fingerprint density at radius 2 is 1.70 bits per heavy atom. The molecule has 3 aromatic rings. The van der Waals surface area contributed by atoms with Crippen molar-refractivity contribution in [2.24, 2.45) is 0 Å². The molecule has 0 aliphatic carbocycles. The third kappa shape index (κ3) is 5.52. The molecule has 0 saturated carbocycles. The van der Waals surface area contributed by atoms with Crippen molar-refractivity contribution >= 4 is 28.8 Å². The van der Waals surface area contributed by atoms with E-state index in [1.807, 2.05) is 51.1 Å². The molecular formula is C28H33N3O6. The molecule has 2 amide bonds. The predicted octanol–water partition coefficient (Wildman–Crippen LogP) is 3.90. The monoisotopic (exact) mass is 507 g/mol. The van der Waals surface area contributed by atoms with E-state index in [4.69, 9.17) is 14.2 Å². The van der Waals surface area contributed by atoms with Gasteiger partial charge in [-0.3, -0.25) is 14.2 Å². The van der Waals surface area contributed by atoms with Gasteiger partial charge in [0.2, 0.25) is 5.91 Å². The fraction of sp³-hybridized carbons (Fsp3) is 0.393. The second-order valence-electron chi connectivity index (χ2n) is 9.91. The summed E-state index contributed by atoms with van der Waals surface area (Å²) in [6.07, 6.45) is 1.13. The SMILES string of the molecule is COC(CN1C(=O)c2ccccc2C1C(=O)NCCc1cn(C(=O)OC(C)(C)C)c2ccccc12)OC. The molecule has 0 bridgehead atoms. The summed E-state index contributed by atoms with van der Waals surface area (Å²) in [5, 5.41) is 3.89. The number of carbonyl (C=O) groups is 3. The number of rotatable bonds is 8. The van der Waals surface area contributed by atoms with Crippen LogP contribution in [-0.2, 0) is 25.4 Å². The number of benzene rings is 2. The molecule has 37 heavy (non-hydrogen) atoms. The first-order valence-electron chi connectivity index (χ1n) is 12.2. The van der Waals surface area contributed by atoms with Crippen LogP contribution in [0.2, 0.25) is 0 Å². The van der Waals surface area contributed by atoms with E-state index < -0.39 is 24.0 Å². The van der Waals surface area contributed by atoms with Crippen LogP contribution < -0.4 is 5.32 Å². The average molecular weight is 508 g/mol. The van der Waals surface area contributed by atoms with Crippen molar-refractivity contribution < 1.29 is 28.6 Å².